The molecule has 0 amide bonds. The van der Waals surface area contributed by atoms with E-state index in [0.717, 1.165) is 18.8 Å². The fraction of sp³-hybridized carbons (Fsp3) is 1.00. The molecule has 2 nitrogen and oxygen atoms in total. The van der Waals surface area contributed by atoms with E-state index in [1.165, 1.54) is 25.7 Å². The Morgan fingerprint density at radius 3 is 1.60 bits per heavy atom. The summed E-state index contributed by atoms with van der Waals surface area (Å²) in [6, 6.07) is 0. The monoisotopic (exact) mass is 372 g/mol. The topological polar surface area (TPSA) is 63.0 Å². The fourth-order valence-electron chi connectivity index (χ4n) is 5.40. The molecule has 0 bridgehead atoms. The number of rotatable bonds is 2. The van der Waals surface area contributed by atoms with Crippen molar-refractivity contribution in [1.82, 2.24) is 0 Å². The molecule has 3 fully saturated rings. The summed E-state index contributed by atoms with van der Waals surface area (Å²) in [7, 11) is 0. The summed E-state index contributed by atoms with van der Waals surface area (Å²) in [6.07, 6.45) is 0.658. The van der Waals surface area contributed by atoms with Crippen LogP contribution in [0.1, 0.15) is 66.1 Å². The van der Waals surface area contributed by atoms with Gasteiger partial charge in [-0.25, -0.2) is 17.6 Å². The lowest BCUT2D eigenvalue weighted by atomic mass is 9.64. The molecular formula is C19H36F4O2. The third-order valence-corrected chi connectivity index (χ3v) is 6.94. The van der Waals surface area contributed by atoms with Crippen molar-refractivity contribution in [2.75, 3.05) is 0 Å². The van der Waals surface area contributed by atoms with Gasteiger partial charge in [0.2, 0.25) is 0 Å². The van der Waals surface area contributed by atoms with E-state index in [0.29, 0.717) is 18.3 Å². The molecule has 5 unspecified atom stereocenters. The zero-order chi connectivity index (χ0) is 16.6. The van der Waals surface area contributed by atoms with Crippen LogP contribution in [0, 0.1) is 29.6 Å². The van der Waals surface area contributed by atoms with E-state index in [4.69, 9.17) is 0 Å². The molecule has 0 aromatic heterocycles. The Labute approximate surface area is 149 Å². The fourth-order valence-corrected chi connectivity index (χ4v) is 5.40. The van der Waals surface area contributed by atoms with Crippen molar-refractivity contribution >= 4 is 0 Å². The van der Waals surface area contributed by atoms with Gasteiger partial charge >= 0.3 is 0 Å². The van der Waals surface area contributed by atoms with E-state index in [1.54, 1.807) is 0 Å². The Hall–Kier alpha value is -0.360. The molecule has 4 N–H and O–H groups in total. The second-order valence-electron chi connectivity index (χ2n) is 8.48. The molecule has 0 aromatic rings. The maximum absolute atomic E-state index is 14.7. The summed E-state index contributed by atoms with van der Waals surface area (Å²) < 4.78 is 55.3. The first-order chi connectivity index (χ1) is 11.0. The van der Waals surface area contributed by atoms with Crippen LogP contribution in [0.15, 0.2) is 0 Å². The first-order valence-electron chi connectivity index (χ1n) is 9.52. The molecule has 0 saturated heterocycles. The van der Waals surface area contributed by atoms with Crippen LogP contribution in [-0.2, 0) is 0 Å². The van der Waals surface area contributed by atoms with Crippen LogP contribution in [0.2, 0.25) is 0 Å². The van der Waals surface area contributed by atoms with Gasteiger partial charge in [-0.15, -0.1) is 0 Å². The van der Waals surface area contributed by atoms with Gasteiger partial charge in [0.1, 0.15) is 18.5 Å². The lowest BCUT2D eigenvalue weighted by molar-refractivity contribution is -0.0285. The SMILES string of the molecule is CC1CCC(C2CCC(C3CC(F)C(F)C(F)C3)C(F)C2)CC1.O.O.[HH]. The molecule has 0 spiro atoms. The van der Waals surface area contributed by atoms with Crippen molar-refractivity contribution in [1.29, 1.82) is 0 Å². The number of alkyl halides is 4. The van der Waals surface area contributed by atoms with Crippen molar-refractivity contribution in [3.63, 3.8) is 0 Å². The van der Waals surface area contributed by atoms with E-state index in [-0.39, 0.29) is 37.1 Å². The van der Waals surface area contributed by atoms with Crippen LogP contribution in [0.4, 0.5) is 17.6 Å². The molecule has 3 aliphatic carbocycles. The highest BCUT2D eigenvalue weighted by Crippen LogP contribution is 2.47. The largest absolute Gasteiger partial charge is 0.412 e. The Bertz CT molecular complexity index is 384. The van der Waals surface area contributed by atoms with E-state index >= 15 is 0 Å². The highest BCUT2D eigenvalue weighted by Gasteiger charge is 2.45. The smallest absolute Gasteiger partial charge is 0.162 e. The minimum atomic E-state index is -2.01. The van der Waals surface area contributed by atoms with E-state index in [1.807, 2.05) is 0 Å². The summed E-state index contributed by atoms with van der Waals surface area (Å²) >= 11 is 0. The molecule has 0 heterocycles. The third-order valence-electron chi connectivity index (χ3n) is 6.94. The molecule has 6 heteroatoms. The quantitative estimate of drug-likeness (QED) is 0.637. The summed E-state index contributed by atoms with van der Waals surface area (Å²) in [4.78, 5) is 0. The zero-order valence-corrected chi connectivity index (χ0v) is 15.1. The van der Waals surface area contributed by atoms with Gasteiger partial charge in [-0.1, -0.05) is 19.8 Å². The normalized spacial score (nSPS) is 48.1. The Balaban J connectivity index is 0.00000208. The van der Waals surface area contributed by atoms with Crippen molar-refractivity contribution in [3.05, 3.63) is 0 Å². The predicted molar refractivity (Wildman–Crippen MR) is 93.6 cm³/mol. The molecule has 5 atom stereocenters. The lowest BCUT2D eigenvalue weighted by Gasteiger charge is -2.43. The number of hydrogen-bond acceptors (Lipinski definition) is 0. The van der Waals surface area contributed by atoms with Gasteiger partial charge < -0.3 is 11.0 Å². The Morgan fingerprint density at radius 2 is 1.08 bits per heavy atom. The van der Waals surface area contributed by atoms with Gasteiger partial charge in [0, 0.05) is 1.43 Å². The van der Waals surface area contributed by atoms with E-state index in [2.05, 4.69) is 6.92 Å². The minimum absolute atomic E-state index is 0. The molecular weight excluding hydrogens is 336 g/mol. The summed E-state index contributed by atoms with van der Waals surface area (Å²) in [5.74, 6) is 1.28. The van der Waals surface area contributed by atoms with Crippen molar-refractivity contribution in [3.8, 4) is 0 Å². The average Bonchev–Trinajstić information content (AvgIpc) is 2.53. The minimum Gasteiger partial charge on any atom is -0.412 e. The van der Waals surface area contributed by atoms with Gasteiger partial charge in [0.15, 0.2) is 6.17 Å². The molecule has 0 aromatic carbocycles. The van der Waals surface area contributed by atoms with Gasteiger partial charge in [0.25, 0.3) is 0 Å². The van der Waals surface area contributed by atoms with Gasteiger partial charge in [-0.2, -0.15) is 0 Å². The first kappa shape index (κ1) is 22.7. The van der Waals surface area contributed by atoms with Gasteiger partial charge in [0.05, 0.1) is 0 Å². The van der Waals surface area contributed by atoms with Crippen LogP contribution in [0.3, 0.4) is 0 Å². The van der Waals surface area contributed by atoms with E-state index in [9.17, 15) is 17.6 Å². The van der Waals surface area contributed by atoms with Crippen molar-refractivity contribution in [2.45, 2.75) is 89.4 Å². The number of halogens is 4. The Morgan fingerprint density at radius 1 is 0.600 bits per heavy atom. The van der Waals surface area contributed by atoms with Crippen LogP contribution < -0.4 is 0 Å². The molecule has 3 rings (SSSR count). The predicted octanol–water partition coefficient (Wildman–Crippen LogP) is 4.59. The first-order valence-corrected chi connectivity index (χ1v) is 9.52. The summed E-state index contributed by atoms with van der Waals surface area (Å²) in [5.41, 5.74) is 0. The maximum atomic E-state index is 14.7. The molecule has 0 radical (unpaired) electrons. The molecule has 0 aliphatic heterocycles. The van der Waals surface area contributed by atoms with Crippen molar-refractivity contribution in [2.24, 2.45) is 29.6 Å². The van der Waals surface area contributed by atoms with Crippen LogP contribution >= 0.6 is 0 Å². The standard InChI is InChI=1S/C19H30F4.2H2O.H2/c1-11-2-4-12(5-3-11)13-6-7-15(16(20)8-13)14-9-17(21)19(23)18(22)10-14;;;/h11-19H,2-10H2,1H3;2*1H2;1H. The van der Waals surface area contributed by atoms with Crippen molar-refractivity contribution < 1.29 is 29.9 Å². The Kier molecular flexibility index (Phi) is 8.65. The van der Waals surface area contributed by atoms with Crippen LogP contribution in [0.5, 0.6) is 0 Å². The van der Waals surface area contributed by atoms with Crippen LogP contribution in [-0.4, -0.2) is 35.6 Å². The second kappa shape index (κ2) is 9.54. The van der Waals surface area contributed by atoms with Gasteiger partial charge in [-0.3, -0.25) is 0 Å². The molecule has 152 valence electrons. The molecule has 25 heavy (non-hydrogen) atoms. The molecule has 3 aliphatic rings. The average molecular weight is 372 g/mol. The van der Waals surface area contributed by atoms with E-state index < -0.39 is 24.7 Å². The summed E-state index contributed by atoms with van der Waals surface area (Å²) in [6.45, 7) is 2.28. The summed E-state index contributed by atoms with van der Waals surface area (Å²) in [5, 5.41) is 0. The highest BCUT2D eigenvalue weighted by atomic mass is 19.2. The third kappa shape index (κ3) is 5.09. The van der Waals surface area contributed by atoms with Crippen LogP contribution in [0.25, 0.3) is 0 Å². The maximum Gasteiger partial charge on any atom is 0.162 e. The number of hydrogen-bond donors (Lipinski definition) is 0. The second-order valence-corrected chi connectivity index (χ2v) is 8.48. The van der Waals surface area contributed by atoms with Gasteiger partial charge in [-0.05, 0) is 74.5 Å². The highest BCUT2D eigenvalue weighted by molar-refractivity contribution is 4.94. The molecule has 3 saturated carbocycles. The lowest BCUT2D eigenvalue weighted by Crippen LogP contribution is -2.43. The zero-order valence-electron chi connectivity index (χ0n) is 15.1.